The Balaban J connectivity index is 2.46. The Hall–Kier alpha value is -2.70. The van der Waals surface area contributed by atoms with Crippen LogP contribution >= 0.6 is 0 Å². The van der Waals surface area contributed by atoms with Crippen LogP contribution in [0.5, 0.6) is 0 Å². The number of aliphatic carboxylic acids is 1. The molecule has 1 aromatic carbocycles. The van der Waals surface area contributed by atoms with Crippen LogP contribution in [0.2, 0.25) is 0 Å². The molecular weight excluding hydrogens is 262 g/mol. The lowest BCUT2D eigenvalue weighted by Gasteiger charge is -2.16. The summed E-state index contributed by atoms with van der Waals surface area (Å²) >= 11 is 0. The highest BCUT2D eigenvalue weighted by molar-refractivity contribution is 5.82. The number of aromatic nitrogens is 2. The van der Waals surface area contributed by atoms with Crippen LogP contribution in [0.15, 0.2) is 35.3 Å². The lowest BCUT2D eigenvalue weighted by atomic mass is 10.2. The number of carboxylic acids is 1. The number of benzene rings is 1. The fourth-order valence-corrected chi connectivity index (χ4v) is 1.92. The fourth-order valence-electron chi connectivity index (χ4n) is 1.92. The van der Waals surface area contributed by atoms with Gasteiger partial charge in [-0.15, -0.1) is 0 Å². The van der Waals surface area contributed by atoms with E-state index in [0.717, 1.165) is 6.20 Å². The maximum atomic E-state index is 11.9. The molecule has 0 fully saturated rings. The molecule has 1 heterocycles. The third-order valence-electron chi connectivity index (χ3n) is 2.79. The minimum atomic E-state index is -1.20. The number of hydrogen-bond acceptors (Lipinski definition) is 4. The molecule has 0 bridgehead atoms. The van der Waals surface area contributed by atoms with Gasteiger partial charge in [0.2, 0.25) is 5.91 Å². The van der Waals surface area contributed by atoms with Gasteiger partial charge in [0.25, 0.3) is 5.56 Å². The van der Waals surface area contributed by atoms with Crippen molar-refractivity contribution in [3.8, 4) is 0 Å². The average Bonchev–Trinajstić information content (AvgIpc) is 2.40. The summed E-state index contributed by atoms with van der Waals surface area (Å²) < 4.78 is 1.29. The van der Waals surface area contributed by atoms with Crippen molar-refractivity contribution < 1.29 is 14.7 Å². The molecule has 0 aliphatic rings. The zero-order chi connectivity index (χ0) is 14.7. The van der Waals surface area contributed by atoms with Crippen molar-refractivity contribution in [3.63, 3.8) is 0 Å². The van der Waals surface area contributed by atoms with Gasteiger partial charge in [0.15, 0.2) is 0 Å². The van der Waals surface area contributed by atoms with Crippen LogP contribution in [0.1, 0.15) is 6.92 Å². The molecule has 0 saturated carbocycles. The van der Waals surface area contributed by atoms with Gasteiger partial charge in [0, 0.05) is 6.92 Å². The molecule has 2 rings (SSSR count). The first kappa shape index (κ1) is 13.7. The summed E-state index contributed by atoms with van der Waals surface area (Å²) in [6.45, 7) is 1.07. The summed E-state index contributed by atoms with van der Waals surface area (Å²) in [5.74, 6) is -1.67. The first-order valence-electron chi connectivity index (χ1n) is 5.93. The van der Waals surface area contributed by atoms with Crippen LogP contribution in [0.25, 0.3) is 11.0 Å². The van der Waals surface area contributed by atoms with Crippen LogP contribution in [0.3, 0.4) is 0 Å². The quantitative estimate of drug-likeness (QED) is 0.817. The highest BCUT2D eigenvalue weighted by Crippen LogP contribution is 2.08. The number of nitrogens with one attached hydrogen (secondary N) is 1. The molecule has 7 nitrogen and oxygen atoms in total. The molecule has 7 heteroatoms. The van der Waals surface area contributed by atoms with Gasteiger partial charge in [-0.2, -0.15) is 0 Å². The number of para-hydroxylation sites is 2. The number of rotatable bonds is 4. The second kappa shape index (κ2) is 5.52. The van der Waals surface area contributed by atoms with Gasteiger partial charge in [-0.25, -0.2) is 9.78 Å². The molecule has 1 aromatic heterocycles. The lowest BCUT2D eigenvalue weighted by molar-refractivity contribution is -0.141. The van der Waals surface area contributed by atoms with E-state index in [-0.39, 0.29) is 6.54 Å². The van der Waals surface area contributed by atoms with Crippen LogP contribution in [-0.2, 0) is 16.1 Å². The summed E-state index contributed by atoms with van der Waals surface area (Å²) in [7, 11) is 0. The number of nitrogens with zero attached hydrogens (tertiary/aromatic N) is 2. The Morgan fingerprint density at radius 1 is 1.40 bits per heavy atom. The van der Waals surface area contributed by atoms with E-state index < -0.39 is 23.5 Å². The molecule has 2 N–H and O–H groups in total. The molecule has 1 unspecified atom stereocenters. The summed E-state index contributed by atoms with van der Waals surface area (Å²) in [5.41, 5.74) is 0.691. The Kier molecular flexibility index (Phi) is 3.79. The largest absolute Gasteiger partial charge is 0.480 e. The number of fused-ring (bicyclic) bond motifs is 1. The molecule has 0 aliphatic heterocycles. The first-order valence-corrected chi connectivity index (χ1v) is 5.93. The van der Waals surface area contributed by atoms with Crippen LogP contribution in [0, 0.1) is 0 Å². The third-order valence-corrected chi connectivity index (χ3v) is 2.79. The second-order valence-electron chi connectivity index (χ2n) is 4.29. The van der Waals surface area contributed by atoms with Crippen molar-refractivity contribution in [1.82, 2.24) is 14.9 Å². The molecule has 104 valence electrons. The van der Waals surface area contributed by atoms with E-state index >= 15 is 0 Å². The number of hydrogen-bond donors (Lipinski definition) is 2. The Morgan fingerprint density at radius 2 is 2.10 bits per heavy atom. The van der Waals surface area contributed by atoms with Gasteiger partial charge in [0.05, 0.1) is 23.8 Å². The average molecular weight is 275 g/mol. The van der Waals surface area contributed by atoms with E-state index in [0.29, 0.717) is 11.0 Å². The Morgan fingerprint density at radius 3 is 2.75 bits per heavy atom. The number of carbonyl (C=O) groups excluding carboxylic acids is 1. The molecule has 20 heavy (non-hydrogen) atoms. The van der Waals surface area contributed by atoms with E-state index in [9.17, 15) is 14.4 Å². The predicted molar refractivity (Wildman–Crippen MR) is 71.2 cm³/mol. The van der Waals surface area contributed by atoms with Crippen LogP contribution < -0.4 is 10.9 Å². The van der Waals surface area contributed by atoms with Crippen LogP contribution in [0.4, 0.5) is 0 Å². The lowest BCUT2D eigenvalue weighted by Crippen LogP contribution is -2.44. The molecule has 0 saturated heterocycles. The highest BCUT2D eigenvalue weighted by atomic mass is 16.4. The number of carbonyl (C=O) groups is 2. The summed E-state index contributed by atoms with van der Waals surface area (Å²) in [5, 5.41) is 11.4. The van der Waals surface area contributed by atoms with E-state index in [1.54, 1.807) is 24.3 Å². The molecule has 1 atom stereocenters. The molecule has 0 spiro atoms. The zero-order valence-corrected chi connectivity index (χ0v) is 10.7. The van der Waals surface area contributed by atoms with E-state index in [1.807, 2.05) is 0 Å². The Bertz CT molecular complexity index is 723. The van der Waals surface area contributed by atoms with Gasteiger partial charge in [-0.1, -0.05) is 12.1 Å². The minimum Gasteiger partial charge on any atom is -0.480 e. The van der Waals surface area contributed by atoms with Crippen molar-refractivity contribution in [2.75, 3.05) is 0 Å². The van der Waals surface area contributed by atoms with Crippen molar-refractivity contribution in [1.29, 1.82) is 0 Å². The maximum Gasteiger partial charge on any atom is 0.328 e. The minimum absolute atomic E-state index is 0.156. The van der Waals surface area contributed by atoms with E-state index in [1.165, 1.54) is 11.5 Å². The van der Waals surface area contributed by atoms with Gasteiger partial charge in [0.1, 0.15) is 6.04 Å². The van der Waals surface area contributed by atoms with Crippen molar-refractivity contribution in [2.24, 2.45) is 0 Å². The summed E-state index contributed by atoms with van der Waals surface area (Å²) in [4.78, 5) is 38.0. The normalized spacial score (nSPS) is 12.1. The van der Waals surface area contributed by atoms with Crippen molar-refractivity contribution in [3.05, 3.63) is 40.8 Å². The SMILES string of the molecule is CC(=O)NC(Cn1c(=O)cnc2ccccc21)C(=O)O. The van der Waals surface area contributed by atoms with Crippen molar-refractivity contribution in [2.45, 2.75) is 19.5 Å². The topological polar surface area (TPSA) is 101 Å². The number of amides is 1. The Labute approximate surface area is 113 Å². The number of carboxylic acid groups (broad SMARTS) is 1. The van der Waals surface area contributed by atoms with E-state index in [2.05, 4.69) is 10.3 Å². The molecule has 2 aromatic rings. The van der Waals surface area contributed by atoms with Crippen molar-refractivity contribution >= 4 is 22.9 Å². The van der Waals surface area contributed by atoms with Crippen LogP contribution in [-0.4, -0.2) is 32.6 Å². The van der Waals surface area contributed by atoms with Gasteiger partial charge in [-0.05, 0) is 12.1 Å². The standard InChI is InChI=1S/C13H13N3O4/c1-8(17)15-10(13(19)20)7-16-11-5-3-2-4-9(11)14-6-12(16)18/h2-6,10H,7H2,1H3,(H,15,17)(H,19,20). The highest BCUT2D eigenvalue weighted by Gasteiger charge is 2.20. The monoisotopic (exact) mass is 275 g/mol. The third kappa shape index (κ3) is 2.82. The second-order valence-corrected chi connectivity index (χ2v) is 4.29. The zero-order valence-electron chi connectivity index (χ0n) is 10.7. The fraction of sp³-hybridized carbons (Fsp3) is 0.231. The summed E-state index contributed by atoms with van der Waals surface area (Å²) in [6.07, 6.45) is 1.13. The van der Waals surface area contributed by atoms with E-state index in [4.69, 9.17) is 5.11 Å². The first-order chi connectivity index (χ1) is 9.49. The predicted octanol–water partition coefficient (Wildman–Crippen LogP) is -0.0142. The maximum absolute atomic E-state index is 11.9. The van der Waals surface area contributed by atoms with Gasteiger partial charge >= 0.3 is 5.97 Å². The van der Waals surface area contributed by atoms with Gasteiger partial charge in [-0.3, -0.25) is 9.59 Å². The summed E-state index contributed by atoms with van der Waals surface area (Å²) in [6, 6.07) is 5.73. The van der Waals surface area contributed by atoms with Gasteiger partial charge < -0.3 is 15.0 Å². The molecule has 0 aliphatic carbocycles. The molecule has 0 radical (unpaired) electrons. The molecule has 1 amide bonds. The molecular formula is C13H13N3O4. The smallest absolute Gasteiger partial charge is 0.328 e.